The number of halogens is 2. The minimum Gasteiger partial charge on any atom is -0.496 e. The number of rotatable bonds is 7. The number of methoxy groups -OCH3 is 3. The molecule has 0 unspecified atom stereocenters. The lowest BCUT2D eigenvalue weighted by Gasteiger charge is -2.33. The third kappa shape index (κ3) is 4.27. The Morgan fingerprint density at radius 1 is 1.03 bits per heavy atom. The van der Waals surface area contributed by atoms with E-state index in [0.29, 0.717) is 23.6 Å². The van der Waals surface area contributed by atoms with Crippen LogP contribution in [0.3, 0.4) is 0 Å². The number of aromatic amines is 1. The van der Waals surface area contributed by atoms with Crippen LogP contribution in [0.2, 0.25) is 0 Å². The predicted octanol–water partition coefficient (Wildman–Crippen LogP) is 4.76. The Bertz CT molecular complexity index is 1070. The van der Waals surface area contributed by atoms with Gasteiger partial charge >= 0.3 is 0 Å². The molecule has 0 saturated carbocycles. The molecule has 1 fully saturated rings. The summed E-state index contributed by atoms with van der Waals surface area (Å²) >= 11 is 0. The van der Waals surface area contributed by atoms with Crippen LogP contribution in [0, 0.1) is 11.6 Å². The van der Waals surface area contributed by atoms with Crippen LogP contribution in [0.5, 0.6) is 17.2 Å². The summed E-state index contributed by atoms with van der Waals surface area (Å²) in [6, 6.07) is 7.66. The second-order valence-corrected chi connectivity index (χ2v) is 7.89. The molecule has 1 aliphatic heterocycles. The van der Waals surface area contributed by atoms with E-state index in [-0.39, 0.29) is 11.5 Å². The van der Waals surface area contributed by atoms with E-state index < -0.39 is 11.6 Å². The number of hydrogen-bond donors (Lipinski definition) is 1. The summed E-state index contributed by atoms with van der Waals surface area (Å²) < 4.78 is 45.2. The van der Waals surface area contributed by atoms with Gasteiger partial charge in [-0.15, -0.1) is 0 Å². The summed E-state index contributed by atoms with van der Waals surface area (Å²) in [5.74, 6) is 0.874. The molecule has 1 atom stereocenters. The molecule has 0 amide bonds. The lowest BCUT2D eigenvalue weighted by Crippen LogP contribution is -2.34. The smallest absolute Gasteiger partial charge is 0.164 e. The van der Waals surface area contributed by atoms with E-state index in [1.165, 1.54) is 24.4 Å². The van der Waals surface area contributed by atoms with E-state index in [1.807, 2.05) is 12.1 Å². The fourth-order valence-corrected chi connectivity index (χ4v) is 4.45. The van der Waals surface area contributed by atoms with Crippen molar-refractivity contribution in [1.29, 1.82) is 0 Å². The van der Waals surface area contributed by atoms with Gasteiger partial charge in [-0.05, 0) is 37.6 Å². The van der Waals surface area contributed by atoms with Crippen molar-refractivity contribution in [1.82, 2.24) is 15.1 Å². The molecule has 0 bridgehead atoms. The summed E-state index contributed by atoms with van der Waals surface area (Å²) in [4.78, 5) is 2.31. The van der Waals surface area contributed by atoms with Crippen molar-refractivity contribution in [2.45, 2.75) is 25.3 Å². The molecule has 32 heavy (non-hydrogen) atoms. The third-order valence-electron chi connectivity index (χ3n) is 6.00. The van der Waals surface area contributed by atoms with Gasteiger partial charge in [-0.1, -0.05) is 6.07 Å². The van der Waals surface area contributed by atoms with E-state index in [1.54, 1.807) is 21.3 Å². The van der Waals surface area contributed by atoms with Crippen molar-refractivity contribution in [2.24, 2.45) is 0 Å². The van der Waals surface area contributed by atoms with Crippen molar-refractivity contribution >= 4 is 0 Å². The standard InChI is InChI=1S/C24H27F2N3O3/c1-30-20-11-22(32-3)21(31-2)10-16(20)14-29-9-5-6-15(13-29)24-17(12-27-28-24)23-18(25)7-4-8-19(23)26/h4,7-8,10-12,15H,5-6,9,13-14H2,1-3H3,(H,27,28)/t15-/m1/s1. The summed E-state index contributed by atoms with van der Waals surface area (Å²) in [6.07, 6.45) is 3.37. The van der Waals surface area contributed by atoms with Crippen LogP contribution in [0.1, 0.15) is 30.0 Å². The number of ether oxygens (including phenoxy) is 3. The highest BCUT2D eigenvalue weighted by Gasteiger charge is 2.28. The number of piperidine rings is 1. The Morgan fingerprint density at radius 2 is 1.72 bits per heavy atom. The van der Waals surface area contributed by atoms with E-state index in [0.717, 1.165) is 42.9 Å². The van der Waals surface area contributed by atoms with Gasteiger partial charge in [0.2, 0.25) is 0 Å². The van der Waals surface area contributed by atoms with Gasteiger partial charge in [-0.25, -0.2) is 8.78 Å². The molecule has 1 saturated heterocycles. The average molecular weight is 443 g/mol. The zero-order valence-electron chi connectivity index (χ0n) is 18.5. The third-order valence-corrected chi connectivity index (χ3v) is 6.00. The van der Waals surface area contributed by atoms with E-state index >= 15 is 0 Å². The van der Waals surface area contributed by atoms with Crippen molar-refractivity contribution in [3.63, 3.8) is 0 Å². The highest BCUT2D eigenvalue weighted by atomic mass is 19.1. The van der Waals surface area contributed by atoms with Crippen LogP contribution < -0.4 is 14.2 Å². The molecule has 0 radical (unpaired) electrons. The zero-order valence-corrected chi connectivity index (χ0v) is 18.5. The average Bonchev–Trinajstić information content (AvgIpc) is 3.28. The summed E-state index contributed by atoms with van der Waals surface area (Å²) in [7, 11) is 4.82. The SMILES string of the molecule is COc1cc(OC)c(OC)cc1CN1CCC[C@@H](c2[nH]ncc2-c2c(F)cccc2F)C1. The first-order valence-corrected chi connectivity index (χ1v) is 10.5. The van der Waals surface area contributed by atoms with Gasteiger partial charge < -0.3 is 14.2 Å². The molecule has 1 aromatic heterocycles. The lowest BCUT2D eigenvalue weighted by atomic mass is 9.90. The maximum atomic E-state index is 14.4. The first-order valence-electron chi connectivity index (χ1n) is 10.5. The number of hydrogen-bond acceptors (Lipinski definition) is 5. The number of aromatic nitrogens is 2. The molecule has 0 spiro atoms. The van der Waals surface area contributed by atoms with Gasteiger partial charge in [0.05, 0.1) is 33.1 Å². The molecule has 170 valence electrons. The molecule has 2 aromatic carbocycles. The number of H-pyrrole nitrogens is 1. The minimum absolute atomic E-state index is 0.0325. The minimum atomic E-state index is -0.588. The Balaban J connectivity index is 1.58. The number of nitrogens with one attached hydrogen (secondary N) is 1. The maximum absolute atomic E-state index is 14.4. The van der Waals surface area contributed by atoms with Crippen LogP contribution in [0.25, 0.3) is 11.1 Å². The summed E-state index contributed by atoms with van der Waals surface area (Å²) in [5, 5.41) is 7.10. The number of nitrogens with zero attached hydrogens (tertiary/aromatic N) is 2. The van der Waals surface area contributed by atoms with Crippen molar-refractivity contribution < 1.29 is 23.0 Å². The molecule has 2 heterocycles. The predicted molar refractivity (Wildman–Crippen MR) is 117 cm³/mol. The highest BCUT2D eigenvalue weighted by Crippen LogP contribution is 2.38. The molecule has 0 aliphatic carbocycles. The second kappa shape index (κ2) is 9.56. The molecule has 3 aromatic rings. The second-order valence-electron chi connectivity index (χ2n) is 7.89. The van der Waals surface area contributed by atoms with Crippen LogP contribution in [0.15, 0.2) is 36.5 Å². The molecule has 1 aliphatic rings. The molecule has 1 N–H and O–H groups in total. The summed E-state index contributed by atoms with van der Waals surface area (Å²) in [5.41, 5.74) is 2.19. The van der Waals surface area contributed by atoms with Gasteiger partial charge in [-0.3, -0.25) is 10.00 Å². The molecular weight excluding hydrogens is 416 g/mol. The number of likely N-dealkylation sites (tertiary alicyclic amines) is 1. The fraction of sp³-hybridized carbons (Fsp3) is 0.375. The Labute approximate surface area is 186 Å². The van der Waals surface area contributed by atoms with E-state index in [2.05, 4.69) is 15.1 Å². The maximum Gasteiger partial charge on any atom is 0.164 e. The van der Waals surface area contributed by atoms with Gasteiger partial charge in [-0.2, -0.15) is 5.10 Å². The molecule has 8 heteroatoms. The van der Waals surface area contributed by atoms with Crippen molar-refractivity contribution in [3.8, 4) is 28.4 Å². The summed E-state index contributed by atoms with van der Waals surface area (Å²) in [6.45, 7) is 2.28. The lowest BCUT2D eigenvalue weighted by molar-refractivity contribution is 0.196. The Kier molecular flexibility index (Phi) is 6.60. The topological polar surface area (TPSA) is 59.6 Å². The number of benzene rings is 2. The van der Waals surface area contributed by atoms with Gasteiger partial charge in [0.25, 0.3) is 0 Å². The van der Waals surface area contributed by atoms with Gasteiger partial charge in [0.15, 0.2) is 11.5 Å². The van der Waals surface area contributed by atoms with Crippen molar-refractivity contribution in [2.75, 3.05) is 34.4 Å². The Morgan fingerprint density at radius 3 is 2.41 bits per heavy atom. The first-order chi connectivity index (χ1) is 15.5. The van der Waals surface area contributed by atoms with Crippen molar-refractivity contribution in [3.05, 3.63) is 59.4 Å². The Hall–Kier alpha value is -3.13. The largest absolute Gasteiger partial charge is 0.496 e. The van der Waals surface area contributed by atoms with Gasteiger partial charge in [0.1, 0.15) is 17.4 Å². The van der Waals surface area contributed by atoms with E-state index in [9.17, 15) is 8.78 Å². The van der Waals surface area contributed by atoms with Gasteiger partial charge in [0, 0.05) is 41.9 Å². The van der Waals surface area contributed by atoms with E-state index in [4.69, 9.17) is 14.2 Å². The quantitative estimate of drug-likeness (QED) is 0.571. The fourth-order valence-electron chi connectivity index (χ4n) is 4.45. The first kappa shape index (κ1) is 22.1. The van der Waals surface area contributed by atoms with Crippen LogP contribution >= 0.6 is 0 Å². The monoisotopic (exact) mass is 443 g/mol. The van der Waals surface area contributed by atoms with Crippen LogP contribution in [-0.4, -0.2) is 49.5 Å². The highest BCUT2D eigenvalue weighted by molar-refractivity contribution is 5.67. The van der Waals surface area contributed by atoms with Crippen LogP contribution in [0.4, 0.5) is 8.78 Å². The zero-order chi connectivity index (χ0) is 22.7. The normalized spacial score (nSPS) is 16.7. The molecular formula is C24H27F2N3O3. The molecule has 4 rings (SSSR count). The molecule has 6 nitrogen and oxygen atoms in total. The van der Waals surface area contributed by atoms with Crippen LogP contribution in [-0.2, 0) is 6.54 Å².